The molecule has 0 atom stereocenters. The molecule has 1 aliphatic carbocycles. The Hall–Kier alpha value is -2.26. The van der Waals surface area contributed by atoms with Crippen LogP contribution < -0.4 is 11.1 Å². The number of sulfone groups is 1. The van der Waals surface area contributed by atoms with Gasteiger partial charge in [-0.2, -0.15) is 0 Å². The molecule has 1 aromatic heterocycles. The van der Waals surface area contributed by atoms with E-state index in [1.54, 1.807) is 0 Å². The van der Waals surface area contributed by atoms with Gasteiger partial charge >= 0.3 is 0 Å². The number of carbonyl (C=O) groups is 2. The van der Waals surface area contributed by atoms with Gasteiger partial charge in [-0.3, -0.25) is 9.59 Å². The van der Waals surface area contributed by atoms with Crippen molar-refractivity contribution in [2.24, 2.45) is 5.73 Å². The molecule has 0 fully saturated rings. The molecule has 1 aromatic carbocycles. The molecule has 150 valence electrons. The number of carbonyl (C=O) groups excluding carboxylic acids is 2. The second-order valence-corrected chi connectivity index (χ2v) is 9.92. The molecule has 2 amide bonds. The first-order valence-corrected chi connectivity index (χ1v) is 11.5. The van der Waals surface area contributed by atoms with E-state index in [0.29, 0.717) is 10.6 Å². The number of rotatable bonds is 7. The fourth-order valence-electron chi connectivity index (χ4n) is 3.29. The molecule has 3 rings (SSSR count). The van der Waals surface area contributed by atoms with E-state index in [1.807, 2.05) is 0 Å². The summed E-state index contributed by atoms with van der Waals surface area (Å²) in [6, 6.07) is 4.59. The molecule has 6 nitrogen and oxygen atoms in total. The number of halogens is 1. The van der Waals surface area contributed by atoms with Crippen molar-refractivity contribution in [3.63, 3.8) is 0 Å². The summed E-state index contributed by atoms with van der Waals surface area (Å²) in [5, 5.41) is 3.17. The molecule has 0 saturated carbocycles. The average Bonchev–Trinajstić information content (AvgIpc) is 2.99. The lowest BCUT2D eigenvalue weighted by molar-refractivity contribution is -0.116. The van der Waals surface area contributed by atoms with E-state index in [1.165, 1.54) is 23.5 Å². The number of fused-ring (bicyclic) bond motifs is 1. The first-order valence-electron chi connectivity index (χ1n) is 9.00. The first kappa shape index (κ1) is 20.5. The third kappa shape index (κ3) is 4.59. The van der Waals surface area contributed by atoms with Gasteiger partial charge in [0.1, 0.15) is 10.8 Å². The SMILES string of the molecule is NC(=O)c1c(NC(=O)CCCS(=O)(=O)c2ccc(F)cc2)sc2c1CCCC2. The van der Waals surface area contributed by atoms with Crippen molar-refractivity contribution >= 4 is 38.0 Å². The van der Waals surface area contributed by atoms with Crippen molar-refractivity contribution < 1.29 is 22.4 Å². The molecule has 2 aromatic rings. The summed E-state index contributed by atoms with van der Waals surface area (Å²) in [4.78, 5) is 25.2. The normalized spacial score (nSPS) is 13.8. The highest BCUT2D eigenvalue weighted by Crippen LogP contribution is 2.37. The van der Waals surface area contributed by atoms with Gasteiger partial charge in [-0.25, -0.2) is 12.8 Å². The number of hydrogen-bond donors (Lipinski definition) is 2. The standard InChI is InChI=1S/C19H21FN2O4S2/c20-12-7-9-13(10-8-12)28(25,26)11-3-6-16(23)22-19-17(18(21)24)14-4-1-2-5-15(14)27-19/h7-10H,1-6,11H2,(H2,21,24)(H,22,23). The van der Waals surface area contributed by atoms with E-state index in [2.05, 4.69) is 5.32 Å². The second-order valence-electron chi connectivity index (χ2n) is 6.70. The molecule has 0 radical (unpaired) electrons. The van der Waals surface area contributed by atoms with Crippen LogP contribution in [0.3, 0.4) is 0 Å². The Bertz CT molecular complexity index is 998. The van der Waals surface area contributed by atoms with Crippen LogP contribution in [0, 0.1) is 5.82 Å². The van der Waals surface area contributed by atoms with Crippen LogP contribution in [0.4, 0.5) is 9.39 Å². The zero-order chi connectivity index (χ0) is 20.3. The lowest BCUT2D eigenvalue weighted by Crippen LogP contribution is -2.19. The van der Waals surface area contributed by atoms with Gasteiger partial charge in [-0.15, -0.1) is 11.3 Å². The molecule has 3 N–H and O–H groups in total. The summed E-state index contributed by atoms with van der Waals surface area (Å²) in [6.45, 7) is 0. The monoisotopic (exact) mass is 424 g/mol. The van der Waals surface area contributed by atoms with Crippen LogP contribution in [-0.4, -0.2) is 26.0 Å². The fourth-order valence-corrected chi connectivity index (χ4v) is 5.91. The van der Waals surface area contributed by atoms with Gasteiger partial charge in [-0.1, -0.05) is 0 Å². The fraction of sp³-hybridized carbons (Fsp3) is 0.368. The summed E-state index contributed by atoms with van der Waals surface area (Å²) in [7, 11) is -3.59. The van der Waals surface area contributed by atoms with Crippen LogP contribution in [0.5, 0.6) is 0 Å². The number of nitrogens with two attached hydrogens (primary N) is 1. The Kier molecular flexibility index (Phi) is 6.14. The van der Waals surface area contributed by atoms with Crippen molar-refractivity contribution in [1.82, 2.24) is 0 Å². The lowest BCUT2D eigenvalue weighted by Gasteiger charge is -2.11. The Labute approximate surface area is 166 Å². The Balaban J connectivity index is 1.61. The number of benzene rings is 1. The quantitative estimate of drug-likeness (QED) is 0.666. The molecule has 1 heterocycles. The van der Waals surface area contributed by atoms with Crippen molar-refractivity contribution in [2.45, 2.75) is 43.4 Å². The molecule has 0 aliphatic heterocycles. The third-order valence-corrected chi connectivity index (χ3v) is 7.68. The second kappa shape index (κ2) is 8.40. The predicted molar refractivity (Wildman–Crippen MR) is 106 cm³/mol. The van der Waals surface area contributed by atoms with E-state index < -0.39 is 21.6 Å². The number of anilines is 1. The molecule has 9 heteroatoms. The van der Waals surface area contributed by atoms with Gasteiger partial charge in [0.2, 0.25) is 5.91 Å². The van der Waals surface area contributed by atoms with Gasteiger partial charge in [0.25, 0.3) is 5.91 Å². The molecule has 1 aliphatic rings. The zero-order valence-electron chi connectivity index (χ0n) is 15.2. The average molecular weight is 425 g/mol. The highest BCUT2D eigenvalue weighted by Gasteiger charge is 2.25. The number of hydrogen-bond acceptors (Lipinski definition) is 5. The van der Waals surface area contributed by atoms with Crippen LogP contribution in [0.2, 0.25) is 0 Å². The number of aryl methyl sites for hydroxylation is 1. The Morgan fingerprint density at radius 1 is 1.14 bits per heavy atom. The Morgan fingerprint density at radius 2 is 1.82 bits per heavy atom. The molecular formula is C19H21FN2O4S2. The van der Waals surface area contributed by atoms with Crippen LogP contribution in [0.1, 0.15) is 46.5 Å². The van der Waals surface area contributed by atoms with Gasteiger partial charge in [0.05, 0.1) is 16.2 Å². The minimum atomic E-state index is -3.59. The number of nitrogens with one attached hydrogen (secondary N) is 1. The predicted octanol–water partition coefficient (Wildman–Crippen LogP) is 3.06. The number of thiophene rings is 1. The van der Waals surface area contributed by atoms with Crippen molar-refractivity contribution in [3.8, 4) is 0 Å². The van der Waals surface area contributed by atoms with Gasteiger partial charge in [-0.05, 0) is 61.9 Å². The van der Waals surface area contributed by atoms with E-state index in [4.69, 9.17) is 5.73 Å². The minimum absolute atomic E-state index is 0.0127. The van der Waals surface area contributed by atoms with Crippen LogP contribution in [-0.2, 0) is 27.5 Å². The van der Waals surface area contributed by atoms with Crippen molar-refractivity contribution in [2.75, 3.05) is 11.1 Å². The topological polar surface area (TPSA) is 106 Å². The lowest BCUT2D eigenvalue weighted by atomic mass is 9.95. The third-order valence-electron chi connectivity index (χ3n) is 4.66. The summed E-state index contributed by atoms with van der Waals surface area (Å²) < 4.78 is 37.4. The van der Waals surface area contributed by atoms with Gasteiger partial charge in [0.15, 0.2) is 9.84 Å². The van der Waals surface area contributed by atoms with E-state index in [0.717, 1.165) is 48.3 Å². The molecule has 0 unspecified atom stereocenters. The maximum Gasteiger partial charge on any atom is 0.251 e. The van der Waals surface area contributed by atoms with E-state index in [-0.39, 0.29) is 29.4 Å². The zero-order valence-corrected chi connectivity index (χ0v) is 16.8. The molecule has 0 spiro atoms. The maximum absolute atomic E-state index is 12.9. The molecular weight excluding hydrogens is 403 g/mol. The molecule has 28 heavy (non-hydrogen) atoms. The number of primary amides is 1. The van der Waals surface area contributed by atoms with Crippen molar-refractivity contribution in [3.05, 3.63) is 46.1 Å². The van der Waals surface area contributed by atoms with Crippen LogP contribution >= 0.6 is 11.3 Å². The van der Waals surface area contributed by atoms with Crippen LogP contribution in [0.25, 0.3) is 0 Å². The van der Waals surface area contributed by atoms with E-state index in [9.17, 15) is 22.4 Å². The summed E-state index contributed by atoms with van der Waals surface area (Å²) >= 11 is 1.37. The highest BCUT2D eigenvalue weighted by atomic mass is 32.2. The summed E-state index contributed by atoms with van der Waals surface area (Å²) in [6.07, 6.45) is 3.77. The molecule has 0 bridgehead atoms. The van der Waals surface area contributed by atoms with Gasteiger partial charge in [0, 0.05) is 11.3 Å². The van der Waals surface area contributed by atoms with E-state index >= 15 is 0 Å². The van der Waals surface area contributed by atoms with Gasteiger partial charge < -0.3 is 11.1 Å². The smallest absolute Gasteiger partial charge is 0.251 e. The maximum atomic E-state index is 12.9. The largest absolute Gasteiger partial charge is 0.365 e. The summed E-state index contributed by atoms with van der Waals surface area (Å²) in [5.41, 5.74) is 6.81. The Morgan fingerprint density at radius 3 is 2.50 bits per heavy atom. The number of amides is 2. The highest BCUT2D eigenvalue weighted by molar-refractivity contribution is 7.91. The van der Waals surface area contributed by atoms with Crippen molar-refractivity contribution in [1.29, 1.82) is 0 Å². The minimum Gasteiger partial charge on any atom is -0.365 e. The first-order chi connectivity index (χ1) is 13.3. The van der Waals surface area contributed by atoms with Crippen LogP contribution in [0.15, 0.2) is 29.2 Å². The molecule has 0 saturated heterocycles. The summed E-state index contributed by atoms with van der Waals surface area (Å²) in [5.74, 6) is -1.67.